The Bertz CT molecular complexity index is 1850. The Morgan fingerprint density at radius 3 is 2.50 bits per heavy atom. The van der Waals surface area contributed by atoms with Crippen LogP contribution in [0.5, 0.6) is 5.75 Å². The van der Waals surface area contributed by atoms with Gasteiger partial charge in [-0.15, -0.1) is 5.10 Å². The van der Waals surface area contributed by atoms with Crippen LogP contribution in [0.25, 0.3) is 16.8 Å². The van der Waals surface area contributed by atoms with Crippen molar-refractivity contribution in [1.82, 2.24) is 14.6 Å². The molecule has 0 spiro atoms. The maximum Gasteiger partial charge on any atom is 0.247 e. The van der Waals surface area contributed by atoms with Gasteiger partial charge in [-0.3, -0.25) is 4.79 Å². The van der Waals surface area contributed by atoms with Gasteiger partial charge in [0.25, 0.3) is 0 Å². The number of carbonyl (C=O) groups excluding carboxylic acids is 1. The average molecular weight is 554 g/mol. The number of methoxy groups -OCH3 is 1. The number of nitrogens with one attached hydrogen (secondary N) is 2. The zero-order valence-electron chi connectivity index (χ0n) is 22.0. The first-order chi connectivity index (χ1) is 19.3. The predicted molar refractivity (Wildman–Crippen MR) is 154 cm³/mol. The zero-order valence-corrected chi connectivity index (χ0v) is 22.8. The van der Waals surface area contributed by atoms with Gasteiger partial charge < -0.3 is 15.4 Å². The van der Waals surface area contributed by atoms with Crippen LogP contribution in [0.1, 0.15) is 16.7 Å². The molecule has 9 nitrogen and oxygen atoms in total. The lowest BCUT2D eigenvalue weighted by Crippen LogP contribution is -2.14. The fourth-order valence-corrected chi connectivity index (χ4v) is 6.34. The number of anilines is 3. The van der Waals surface area contributed by atoms with Crippen LogP contribution in [0.2, 0.25) is 0 Å². The largest absolute Gasteiger partial charge is 0.495 e. The molecule has 0 saturated carbocycles. The van der Waals surface area contributed by atoms with Crippen LogP contribution < -0.4 is 15.4 Å². The van der Waals surface area contributed by atoms with E-state index in [1.807, 2.05) is 73.8 Å². The number of hydrogen-bond acceptors (Lipinski definition) is 7. The van der Waals surface area contributed by atoms with Gasteiger partial charge in [0.2, 0.25) is 11.9 Å². The normalized spacial score (nSPS) is 13.7. The highest BCUT2D eigenvalue weighted by Gasteiger charge is 2.28. The Kier molecular flexibility index (Phi) is 6.47. The summed E-state index contributed by atoms with van der Waals surface area (Å²) >= 11 is 0. The van der Waals surface area contributed by atoms with Crippen LogP contribution in [-0.2, 0) is 27.5 Å². The predicted octanol–water partition coefficient (Wildman–Crippen LogP) is 4.97. The molecule has 0 fully saturated rings. The van der Waals surface area contributed by atoms with E-state index in [1.165, 1.54) is 7.11 Å². The quantitative estimate of drug-likeness (QED) is 0.293. The van der Waals surface area contributed by atoms with Crippen molar-refractivity contribution in [3.8, 4) is 16.9 Å². The number of ether oxygens (including phenoxy) is 1. The summed E-state index contributed by atoms with van der Waals surface area (Å²) in [4.78, 5) is 17.3. The molecule has 0 unspecified atom stereocenters. The number of benzene rings is 3. The molecular formula is C30H27N5O4S. The summed E-state index contributed by atoms with van der Waals surface area (Å²) in [6.07, 6.45) is 2.66. The molecule has 6 rings (SSSR count). The van der Waals surface area contributed by atoms with Gasteiger partial charge >= 0.3 is 0 Å². The minimum Gasteiger partial charge on any atom is -0.495 e. The molecule has 0 radical (unpaired) electrons. The summed E-state index contributed by atoms with van der Waals surface area (Å²) in [5, 5.41) is 10.7. The van der Waals surface area contributed by atoms with Gasteiger partial charge in [0.15, 0.2) is 15.5 Å². The highest BCUT2D eigenvalue weighted by molar-refractivity contribution is 7.91. The Labute approximate surface area is 231 Å². The third kappa shape index (κ3) is 5.13. The minimum atomic E-state index is -3.27. The fraction of sp³-hybridized carbons (Fsp3) is 0.167. The number of nitrogens with zero attached hydrogens (tertiary/aromatic N) is 3. The van der Waals surface area contributed by atoms with Gasteiger partial charge in [0, 0.05) is 23.5 Å². The maximum absolute atomic E-state index is 12.5. The number of pyridine rings is 1. The van der Waals surface area contributed by atoms with Crippen LogP contribution in [0, 0.1) is 6.92 Å². The number of sulfone groups is 1. The molecule has 10 heteroatoms. The van der Waals surface area contributed by atoms with E-state index in [1.54, 1.807) is 16.6 Å². The molecule has 0 bridgehead atoms. The number of rotatable bonds is 7. The Balaban J connectivity index is 1.17. The van der Waals surface area contributed by atoms with Crippen LogP contribution >= 0.6 is 0 Å². The first kappa shape index (κ1) is 25.6. The van der Waals surface area contributed by atoms with Crippen molar-refractivity contribution >= 4 is 38.7 Å². The monoisotopic (exact) mass is 553 g/mol. The molecule has 0 atom stereocenters. The molecule has 40 heavy (non-hydrogen) atoms. The molecule has 0 saturated heterocycles. The highest BCUT2D eigenvalue weighted by atomic mass is 32.2. The summed E-state index contributed by atoms with van der Waals surface area (Å²) in [6, 6.07) is 22.8. The lowest BCUT2D eigenvalue weighted by atomic mass is 10.1. The molecule has 2 aromatic heterocycles. The molecule has 3 aromatic carbocycles. The number of aromatic nitrogens is 3. The van der Waals surface area contributed by atoms with Crippen molar-refractivity contribution in [3.63, 3.8) is 0 Å². The van der Waals surface area contributed by atoms with Gasteiger partial charge in [0.1, 0.15) is 5.75 Å². The van der Waals surface area contributed by atoms with Gasteiger partial charge in [-0.25, -0.2) is 12.9 Å². The van der Waals surface area contributed by atoms with Gasteiger partial charge in [-0.05, 0) is 60.4 Å². The van der Waals surface area contributed by atoms with Crippen molar-refractivity contribution < 1.29 is 17.9 Å². The van der Waals surface area contributed by atoms with E-state index in [0.717, 1.165) is 33.5 Å². The number of fused-ring (bicyclic) bond motifs is 2. The summed E-state index contributed by atoms with van der Waals surface area (Å²) in [7, 11) is -1.77. The van der Waals surface area contributed by atoms with Crippen LogP contribution in [0.15, 0.2) is 83.9 Å². The minimum absolute atomic E-state index is 0.0673. The van der Waals surface area contributed by atoms with Gasteiger partial charge in [-0.1, -0.05) is 42.0 Å². The van der Waals surface area contributed by atoms with Crippen molar-refractivity contribution in [3.05, 3.63) is 95.7 Å². The molecule has 0 aliphatic carbocycles. The maximum atomic E-state index is 12.5. The first-order valence-electron chi connectivity index (χ1n) is 12.8. The average Bonchev–Trinajstić information content (AvgIpc) is 3.48. The van der Waals surface area contributed by atoms with E-state index in [0.29, 0.717) is 40.8 Å². The van der Waals surface area contributed by atoms with E-state index in [-0.39, 0.29) is 11.7 Å². The Morgan fingerprint density at radius 1 is 1.00 bits per heavy atom. The number of carbonyl (C=O) groups is 1. The SMILES string of the molecule is COc1cc2c(cc1Nc1nc3ccc(-c4ccc(NC(=O)Cc5ccc(C)cc5)cc4)cn3n1)CCS2(=O)=O. The third-order valence-corrected chi connectivity index (χ3v) is 8.71. The molecule has 1 amide bonds. The van der Waals surface area contributed by atoms with Crippen molar-refractivity contribution in [2.24, 2.45) is 0 Å². The van der Waals surface area contributed by atoms with Gasteiger partial charge in [-0.2, -0.15) is 4.98 Å². The van der Waals surface area contributed by atoms with Crippen molar-refractivity contribution in [2.45, 2.75) is 24.7 Å². The molecule has 2 N–H and O–H groups in total. The van der Waals surface area contributed by atoms with E-state index < -0.39 is 9.84 Å². The zero-order chi connectivity index (χ0) is 27.9. The smallest absolute Gasteiger partial charge is 0.247 e. The first-order valence-corrected chi connectivity index (χ1v) is 14.5. The molecule has 1 aliphatic rings. The van der Waals surface area contributed by atoms with E-state index >= 15 is 0 Å². The number of amides is 1. The van der Waals surface area contributed by atoms with Crippen LogP contribution in [0.4, 0.5) is 17.3 Å². The van der Waals surface area contributed by atoms with E-state index in [4.69, 9.17) is 4.74 Å². The molecule has 3 heterocycles. The lowest BCUT2D eigenvalue weighted by molar-refractivity contribution is -0.115. The summed E-state index contributed by atoms with van der Waals surface area (Å²) in [6.45, 7) is 2.02. The topological polar surface area (TPSA) is 115 Å². The van der Waals surface area contributed by atoms with Gasteiger partial charge in [0.05, 0.1) is 29.9 Å². The second-order valence-corrected chi connectivity index (χ2v) is 11.9. The van der Waals surface area contributed by atoms with Crippen LogP contribution in [-0.4, -0.2) is 41.8 Å². The fourth-order valence-electron chi connectivity index (χ4n) is 4.78. The lowest BCUT2D eigenvalue weighted by Gasteiger charge is -2.11. The summed E-state index contributed by atoms with van der Waals surface area (Å²) < 4.78 is 31.7. The third-order valence-electron chi connectivity index (χ3n) is 6.92. The Morgan fingerprint density at radius 2 is 1.75 bits per heavy atom. The number of aryl methyl sites for hydroxylation is 2. The van der Waals surface area contributed by atoms with E-state index in [9.17, 15) is 13.2 Å². The Hall–Kier alpha value is -4.70. The summed E-state index contributed by atoms with van der Waals surface area (Å²) in [5.41, 5.74) is 6.76. The number of hydrogen-bond donors (Lipinski definition) is 2. The second kappa shape index (κ2) is 10.1. The van der Waals surface area contributed by atoms with E-state index in [2.05, 4.69) is 20.7 Å². The molecule has 202 valence electrons. The molecule has 1 aliphatic heterocycles. The van der Waals surface area contributed by atoms with Crippen molar-refractivity contribution in [2.75, 3.05) is 23.5 Å². The van der Waals surface area contributed by atoms with Crippen LogP contribution in [0.3, 0.4) is 0 Å². The molecular weight excluding hydrogens is 526 g/mol. The summed E-state index contributed by atoms with van der Waals surface area (Å²) in [5.74, 6) is 0.811. The standard InChI is InChI=1S/C30H27N5O4S/c1-19-3-5-20(6-4-19)15-29(36)31-24-10-7-21(8-11-24)23-9-12-28-33-30(34-35(28)18-23)32-25-16-22-13-14-40(37,38)27(22)17-26(25)39-2/h3-12,16-18H,13-15H2,1-2H3,(H,31,36)(H,32,34). The highest BCUT2D eigenvalue weighted by Crippen LogP contribution is 2.36. The second-order valence-electron chi connectivity index (χ2n) is 9.80. The molecule has 5 aromatic rings. The van der Waals surface area contributed by atoms with Crippen molar-refractivity contribution in [1.29, 1.82) is 0 Å².